The van der Waals surface area contributed by atoms with Gasteiger partial charge < -0.3 is 25.4 Å². The molecular weight excluding hydrogens is 519 g/mol. The van der Waals surface area contributed by atoms with E-state index in [1.165, 1.54) is 0 Å². The molecule has 0 bridgehead atoms. The molecule has 0 radical (unpaired) electrons. The van der Waals surface area contributed by atoms with Crippen LogP contribution < -0.4 is 25.4 Å². The molecule has 174 valence electrons. The first-order chi connectivity index (χ1) is 15.2. The van der Waals surface area contributed by atoms with Crippen molar-refractivity contribution in [2.24, 2.45) is 10.9 Å². The van der Waals surface area contributed by atoms with Crippen LogP contribution in [0.2, 0.25) is 0 Å². The monoisotopic (exact) mass is 552 g/mol. The smallest absolute Gasteiger partial charge is 0.227 e. The molecule has 0 heterocycles. The van der Waals surface area contributed by atoms with Crippen molar-refractivity contribution < 1.29 is 14.3 Å². The van der Waals surface area contributed by atoms with Crippen LogP contribution in [-0.4, -0.2) is 38.7 Å². The van der Waals surface area contributed by atoms with E-state index in [4.69, 9.17) is 9.47 Å². The molecule has 2 aromatic carbocycles. The maximum atomic E-state index is 12.2. The molecule has 0 atom stereocenters. The van der Waals surface area contributed by atoms with Crippen LogP contribution in [0.3, 0.4) is 0 Å². The van der Waals surface area contributed by atoms with Crippen LogP contribution in [0.4, 0.5) is 5.69 Å². The third-order valence-electron chi connectivity index (χ3n) is 5.16. The summed E-state index contributed by atoms with van der Waals surface area (Å²) in [6.07, 6.45) is 3.14. The number of methoxy groups -OCH3 is 1. The highest BCUT2D eigenvalue weighted by molar-refractivity contribution is 14.0. The van der Waals surface area contributed by atoms with Gasteiger partial charge in [-0.15, -0.1) is 24.0 Å². The van der Waals surface area contributed by atoms with E-state index in [0.29, 0.717) is 19.7 Å². The Hall–Kier alpha value is -2.49. The summed E-state index contributed by atoms with van der Waals surface area (Å²) in [5, 5.41) is 9.54. The molecule has 0 unspecified atom stereocenters. The van der Waals surface area contributed by atoms with E-state index in [2.05, 4.69) is 20.9 Å². The molecule has 0 aromatic heterocycles. The number of guanidine groups is 1. The van der Waals surface area contributed by atoms with Crippen LogP contribution in [0.1, 0.15) is 31.7 Å². The van der Waals surface area contributed by atoms with Crippen molar-refractivity contribution in [3.05, 3.63) is 54.1 Å². The minimum absolute atomic E-state index is 0. The van der Waals surface area contributed by atoms with Crippen molar-refractivity contribution in [1.29, 1.82) is 0 Å². The van der Waals surface area contributed by atoms with E-state index in [-0.39, 0.29) is 35.8 Å². The van der Waals surface area contributed by atoms with E-state index < -0.39 is 0 Å². The number of anilines is 1. The number of halogens is 1. The van der Waals surface area contributed by atoms with Gasteiger partial charge in [0.25, 0.3) is 0 Å². The lowest BCUT2D eigenvalue weighted by Crippen LogP contribution is -2.39. The Morgan fingerprint density at radius 3 is 2.50 bits per heavy atom. The van der Waals surface area contributed by atoms with Crippen molar-refractivity contribution >= 4 is 41.5 Å². The van der Waals surface area contributed by atoms with Gasteiger partial charge in [0.1, 0.15) is 18.1 Å². The van der Waals surface area contributed by atoms with Crippen molar-refractivity contribution in [1.82, 2.24) is 10.6 Å². The van der Waals surface area contributed by atoms with Gasteiger partial charge in [0.05, 0.1) is 20.2 Å². The van der Waals surface area contributed by atoms with Crippen LogP contribution in [0, 0.1) is 5.92 Å². The lowest BCUT2D eigenvalue weighted by molar-refractivity contribution is -0.122. The van der Waals surface area contributed by atoms with Gasteiger partial charge >= 0.3 is 0 Å². The fourth-order valence-electron chi connectivity index (χ4n) is 3.18. The van der Waals surface area contributed by atoms with Gasteiger partial charge in [0.15, 0.2) is 5.96 Å². The second-order valence-corrected chi connectivity index (χ2v) is 7.46. The Morgan fingerprint density at radius 1 is 1.09 bits per heavy atom. The minimum atomic E-state index is 0. The Kier molecular flexibility index (Phi) is 11.1. The SMILES string of the molecule is CCNC(=NCc1cccc(NC(=O)C2CCC2)c1)NCCOc1ccc(OC)cc1.I. The van der Waals surface area contributed by atoms with Gasteiger partial charge in [-0.05, 0) is 61.7 Å². The maximum absolute atomic E-state index is 12.2. The number of hydrogen-bond acceptors (Lipinski definition) is 4. The zero-order valence-corrected chi connectivity index (χ0v) is 21.1. The van der Waals surface area contributed by atoms with Crippen LogP contribution >= 0.6 is 24.0 Å². The average Bonchev–Trinajstić information content (AvgIpc) is 2.74. The number of nitrogens with zero attached hydrogens (tertiary/aromatic N) is 1. The molecule has 1 aliphatic carbocycles. The molecule has 3 N–H and O–H groups in total. The Morgan fingerprint density at radius 2 is 1.84 bits per heavy atom. The summed E-state index contributed by atoms with van der Waals surface area (Å²) in [6, 6.07) is 15.4. The minimum Gasteiger partial charge on any atom is -0.497 e. The molecule has 1 amide bonds. The molecule has 3 rings (SSSR count). The van der Waals surface area contributed by atoms with Gasteiger partial charge in [0, 0.05) is 18.2 Å². The summed E-state index contributed by atoms with van der Waals surface area (Å²) in [6.45, 7) is 4.45. The molecule has 7 nitrogen and oxygen atoms in total. The summed E-state index contributed by atoms with van der Waals surface area (Å²) < 4.78 is 10.9. The van der Waals surface area contributed by atoms with E-state index in [0.717, 1.165) is 54.5 Å². The first kappa shape index (κ1) is 25.8. The van der Waals surface area contributed by atoms with Gasteiger partial charge in [-0.1, -0.05) is 18.6 Å². The molecule has 2 aromatic rings. The van der Waals surface area contributed by atoms with Crippen LogP contribution in [0.5, 0.6) is 11.5 Å². The number of ether oxygens (including phenoxy) is 2. The molecule has 0 saturated heterocycles. The number of carbonyl (C=O) groups excluding carboxylic acids is 1. The largest absolute Gasteiger partial charge is 0.497 e. The highest BCUT2D eigenvalue weighted by atomic mass is 127. The predicted octanol–water partition coefficient (Wildman–Crippen LogP) is 4.19. The lowest BCUT2D eigenvalue weighted by Gasteiger charge is -2.24. The molecule has 1 fully saturated rings. The number of carbonyl (C=O) groups is 1. The molecular formula is C24H33IN4O3. The van der Waals surface area contributed by atoms with E-state index in [1.807, 2.05) is 55.5 Å². The fraction of sp³-hybridized carbons (Fsp3) is 0.417. The molecule has 32 heavy (non-hydrogen) atoms. The number of amides is 1. The molecule has 0 spiro atoms. The molecule has 1 aliphatic rings. The fourth-order valence-corrected chi connectivity index (χ4v) is 3.18. The van der Waals surface area contributed by atoms with Gasteiger partial charge in [0.2, 0.25) is 5.91 Å². The number of benzene rings is 2. The topological polar surface area (TPSA) is 84.0 Å². The maximum Gasteiger partial charge on any atom is 0.227 e. The summed E-state index contributed by atoms with van der Waals surface area (Å²) in [4.78, 5) is 16.8. The van der Waals surface area contributed by atoms with Crippen LogP contribution in [0.15, 0.2) is 53.5 Å². The number of nitrogens with one attached hydrogen (secondary N) is 3. The zero-order valence-electron chi connectivity index (χ0n) is 18.7. The van der Waals surface area contributed by atoms with Crippen LogP contribution in [-0.2, 0) is 11.3 Å². The summed E-state index contributed by atoms with van der Waals surface area (Å²) in [5.41, 5.74) is 1.87. The van der Waals surface area contributed by atoms with Crippen molar-refractivity contribution in [2.75, 3.05) is 32.1 Å². The van der Waals surface area contributed by atoms with Crippen LogP contribution in [0.25, 0.3) is 0 Å². The third-order valence-corrected chi connectivity index (χ3v) is 5.16. The standard InChI is InChI=1S/C24H32N4O3.HI/c1-3-25-24(26-14-15-31-22-12-10-21(30-2)11-13-22)27-17-18-6-4-9-20(16-18)28-23(29)19-7-5-8-19;/h4,6,9-13,16,19H,3,5,7-8,14-15,17H2,1-2H3,(H,28,29)(H2,25,26,27);1H. The highest BCUT2D eigenvalue weighted by Crippen LogP contribution is 2.27. The zero-order chi connectivity index (χ0) is 21.9. The second-order valence-electron chi connectivity index (χ2n) is 7.46. The normalized spacial score (nSPS) is 13.4. The summed E-state index contributed by atoms with van der Waals surface area (Å²) in [5.74, 6) is 2.62. The predicted molar refractivity (Wildman–Crippen MR) is 139 cm³/mol. The third kappa shape index (κ3) is 8.22. The summed E-state index contributed by atoms with van der Waals surface area (Å²) in [7, 11) is 1.64. The molecule has 0 aliphatic heterocycles. The van der Waals surface area contributed by atoms with Crippen molar-refractivity contribution in [3.63, 3.8) is 0 Å². The lowest BCUT2D eigenvalue weighted by atomic mass is 9.85. The van der Waals surface area contributed by atoms with E-state index >= 15 is 0 Å². The number of rotatable bonds is 10. The molecule has 1 saturated carbocycles. The van der Waals surface area contributed by atoms with Crippen molar-refractivity contribution in [2.45, 2.75) is 32.7 Å². The first-order valence-corrected chi connectivity index (χ1v) is 10.9. The van der Waals surface area contributed by atoms with Crippen molar-refractivity contribution in [3.8, 4) is 11.5 Å². The number of hydrogen-bond donors (Lipinski definition) is 3. The van der Waals surface area contributed by atoms with Gasteiger partial charge in [-0.3, -0.25) is 4.79 Å². The van der Waals surface area contributed by atoms with E-state index in [1.54, 1.807) is 7.11 Å². The first-order valence-electron chi connectivity index (χ1n) is 10.9. The van der Waals surface area contributed by atoms with E-state index in [9.17, 15) is 4.79 Å². The Bertz CT molecular complexity index is 870. The quantitative estimate of drug-likeness (QED) is 0.178. The van der Waals surface area contributed by atoms with Gasteiger partial charge in [-0.2, -0.15) is 0 Å². The second kappa shape index (κ2) is 13.8. The summed E-state index contributed by atoms with van der Waals surface area (Å²) >= 11 is 0. The van der Waals surface area contributed by atoms with Gasteiger partial charge in [-0.25, -0.2) is 4.99 Å². The average molecular weight is 552 g/mol. The number of aliphatic imine (C=N–C) groups is 1. The molecule has 8 heteroatoms. The Balaban J connectivity index is 0.00000363. The Labute approximate surface area is 207 Å². The highest BCUT2D eigenvalue weighted by Gasteiger charge is 2.25.